The third-order valence-corrected chi connectivity index (χ3v) is 5.83. The molecular formula is C30H24N8O3. The van der Waals surface area contributed by atoms with Gasteiger partial charge in [0.1, 0.15) is 5.71 Å². The van der Waals surface area contributed by atoms with Crippen LogP contribution in [-0.4, -0.2) is 31.4 Å². The molecule has 11 nitrogen and oxygen atoms in total. The van der Waals surface area contributed by atoms with Crippen LogP contribution in [0.3, 0.4) is 0 Å². The summed E-state index contributed by atoms with van der Waals surface area (Å²) in [4.78, 5) is 37.2. The van der Waals surface area contributed by atoms with E-state index in [-0.39, 0.29) is 35.0 Å². The zero-order chi connectivity index (χ0) is 28.4. The molecule has 11 heteroatoms. The van der Waals surface area contributed by atoms with Gasteiger partial charge in [0, 0.05) is 35.5 Å². The molecule has 0 bridgehead atoms. The van der Waals surface area contributed by atoms with E-state index in [1.807, 2.05) is 54.6 Å². The van der Waals surface area contributed by atoms with Crippen molar-refractivity contribution in [3.8, 4) is 0 Å². The maximum absolute atomic E-state index is 13.4. The normalized spacial score (nSPS) is 11.0. The van der Waals surface area contributed by atoms with Crippen molar-refractivity contribution >= 4 is 40.7 Å². The molecule has 0 radical (unpaired) electrons. The van der Waals surface area contributed by atoms with Crippen LogP contribution in [0, 0.1) is 10.1 Å². The SMILES string of the molecule is O=C(C(=NNc1nc(NCc2ccccc2)nc(Nc2ccc([N+](=O)[O-])cc2)n1)c1ccccc1)c1ccccc1. The van der Waals surface area contributed by atoms with E-state index in [2.05, 4.69) is 36.1 Å². The Hall–Kier alpha value is -5.97. The number of anilines is 4. The Morgan fingerprint density at radius 2 is 1.27 bits per heavy atom. The minimum Gasteiger partial charge on any atom is -0.350 e. The van der Waals surface area contributed by atoms with Crippen LogP contribution in [0.2, 0.25) is 0 Å². The molecule has 0 atom stereocenters. The second-order valence-corrected chi connectivity index (χ2v) is 8.71. The van der Waals surface area contributed by atoms with E-state index in [4.69, 9.17) is 0 Å². The molecule has 4 aromatic carbocycles. The van der Waals surface area contributed by atoms with Crippen molar-refractivity contribution in [2.45, 2.75) is 6.54 Å². The Morgan fingerprint density at radius 3 is 1.90 bits per heavy atom. The highest BCUT2D eigenvalue weighted by Crippen LogP contribution is 2.20. The van der Waals surface area contributed by atoms with Gasteiger partial charge in [-0.15, -0.1) is 0 Å². The number of hydrogen-bond donors (Lipinski definition) is 3. The summed E-state index contributed by atoms with van der Waals surface area (Å²) in [6.45, 7) is 0.451. The van der Waals surface area contributed by atoms with Crippen LogP contribution in [0.4, 0.5) is 29.2 Å². The third kappa shape index (κ3) is 7.12. The smallest absolute Gasteiger partial charge is 0.269 e. The van der Waals surface area contributed by atoms with Gasteiger partial charge in [-0.05, 0) is 17.7 Å². The van der Waals surface area contributed by atoms with E-state index in [0.29, 0.717) is 23.4 Å². The molecule has 0 amide bonds. The highest BCUT2D eigenvalue weighted by molar-refractivity contribution is 6.51. The number of ketones is 1. The Morgan fingerprint density at radius 1 is 0.707 bits per heavy atom. The van der Waals surface area contributed by atoms with Gasteiger partial charge in [-0.1, -0.05) is 91.0 Å². The molecule has 1 heterocycles. The maximum atomic E-state index is 13.4. The average molecular weight is 545 g/mol. The van der Waals surface area contributed by atoms with Gasteiger partial charge in [0.2, 0.25) is 23.6 Å². The van der Waals surface area contributed by atoms with Crippen LogP contribution < -0.4 is 16.1 Å². The number of nitro groups is 1. The number of rotatable bonds is 11. The molecule has 0 aliphatic heterocycles. The first-order valence-electron chi connectivity index (χ1n) is 12.6. The molecule has 5 aromatic rings. The lowest BCUT2D eigenvalue weighted by molar-refractivity contribution is -0.384. The number of hydrazone groups is 1. The molecule has 0 fully saturated rings. The second kappa shape index (κ2) is 12.7. The topological polar surface area (TPSA) is 147 Å². The van der Waals surface area contributed by atoms with E-state index >= 15 is 0 Å². The molecule has 0 spiro atoms. The fraction of sp³-hybridized carbons (Fsp3) is 0.0333. The lowest BCUT2D eigenvalue weighted by Crippen LogP contribution is -2.18. The van der Waals surface area contributed by atoms with E-state index < -0.39 is 4.92 Å². The summed E-state index contributed by atoms with van der Waals surface area (Å²) in [5.41, 5.74) is 5.62. The number of nitro benzene ring substituents is 1. The van der Waals surface area contributed by atoms with Gasteiger partial charge in [-0.25, -0.2) is 5.43 Å². The van der Waals surface area contributed by atoms with Gasteiger partial charge in [-0.2, -0.15) is 20.1 Å². The molecule has 41 heavy (non-hydrogen) atoms. The first-order chi connectivity index (χ1) is 20.0. The van der Waals surface area contributed by atoms with E-state index in [0.717, 1.165) is 5.56 Å². The molecule has 0 saturated carbocycles. The molecule has 0 aliphatic carbocycles. The van der Waals surface area contributed by atoms with E-state index in [1.165, 1.54) is 12.1 Å². The fourth-order valence-electron chi connectivity index (χ4n) is 3.81. The van der Waals surface area contributed by atoms with Crippen molar-refractivity contribution in [2.24, 2.45) is 5.10 Å². The van der Waals surface area contributed by atoms with Crippen molar-refractivity contribution in [3.63, 3.8) is 0 Å². The second-order valence-electron chi connectivity index (χ2n) is 8.71. The summed E-state index contributed by atoms with van der Waals surface area (Å²) >= 11 is 0. The number of aromatic nitrogens is 3. The number of carbonyl (C=O) groups excluding carboxylic acids is 1. The first kappa shape index (κ1) is 26.6. The number of hydrogen-bond acceptors (Lipinski definition) is 10. The highest BCUT2D eigenvalue weighted by Gasteiger charge is 2.17. The van der Waals surface area contributed by atoms with Crippen LogP contribution in [0.25, 0.3) is 0 Å². The lowest BCUT2D eigenvalue weighted by Gasteiger charge is -2.11. The zero-order valence-electron chi connectivity index (χ0n) is 21.6. The van der Waals surface area contributed by atoms with Crippen molar-refractivity contribution in [2.75, 3.05) is 16.1 Å². The summed E-state index contributed by atoms with van der Waals surface area (Å²) in [6, 6.07) is 33.5. The number of carbonyl (C=O) groups is 1. The van der Waals surface area contributed by atoms with Crippen LogP contribution in [0.5, 0.6) is 0 Å². The van der Waals surface area contributed by atoms with Crippen molar-refractivity contribution in [3.05, 3.63) is 142 Å². The fourth-order valence-corrected chi connectivity index (χ4v) is 3.81. The van der Waals surface area contributed by atoms with Crippen molar-refractivity contribution in [1.29, 1.82) is 0 Å². The summed E-state index contributed by atoms with van der Waals surface area (Å²) in [5, 5.41) is 21.6. The summed E-state index contributed by atoms with van der Waals surface area (Å²) in [6.07, 6.45) is 0. The Labute approximate surface area is 235 Å². The standard InChI is InChI=1S/C30H24N8O3/c39-27(23-14-8-3-9-15-23)26(22-12-6-2-7-13-22)36-37-30-34-28(31-20-21-10-4-1-5-11-21)33-29(35-30)32-24-16-18-25(19-17-24)38(40)41/h1-19H,20H2,(H3,31,32,33,34,35,37). The Balaban J connectivity index is 1.46. The monoisotopic (exact) mass is 544 g/mol. The number of Topliss-reactive ketones (excluding diaryl/α,β-unsaturated/α-hetero) is 1. The zero-order valence-corrected chi connectivity index (χ0v) is 21.6. The molecular weight excluding hydrogens is 520 g/mol. The number of benzene rings is 4. The predicted molar refractivity (Wildman–Crippen MR) is 157 cm³/mol. The average Bonchev–Trinajstić information content (AvgIpc) is 3.02. The van der Waals surface area contributed by atoms with E-state index in [9.17, 15) is 14.9 Å². The van der Waals surface area contributed by atoms with Crippen LogP contribution in [-0.2, 0) is 6.54 Å². The van der Waals surface area contributed by atoms with Gasteiger partial charge in [0.15, 0.2) is 0 Å². The minimum atomic E-state index is -0.473. The highest BCUT2D eigenvalue weighted by atomic mass is 16.6. The van der Waals surface area contributed by atoms with Crippen LogP contribution in [0.1, 0.15) is 21.5 Å². The molecule has 0 unspecified atom stereocenters. The Bertz CT molecular complexity index is 1660. The molecule has 0 saturated heterocycles. The Kier molecular flexibility index (Phi) is 8.26. The van der Waals surface area contributed by atoms with Gasteiger partial charge in [-0.3, -0.25) is 14.9 Å². The summed E-state index contributed by atoms with van der Waals surface area (Å²) in [5.74, 6) is 0.221. The van der Waals surface area contributed by atoms with Crippen LogP contribution in [0.15, 0.2) is 120 Å². The molecule has 3 N–H and O–H groups in total. The van der Waals surface area contributed by atoms with Gasteiger partial charge in [0.25, 0.3) is 5.69 Å². The first-order valence-corrected chi connectivity index (χ1v) is 12.6. The maximum Gasteiger partial charge on any atom is 0.269 e. The number of non-ortho nitro benzene ring substituents is 1. The lowest BCUT2D eigenvalue weighted by atomic mass is 10.0. The minimum absolute atomic E-state index is 0.0374. The number of nitrogens with zero attached hydrogens (tertiary/aromatic N) is 5. The molecule has 0 aliphatic rings. The molecule has 202 valence electrons. The molecule has 5 rings (SSSR count). The van der Waals surface area contributed by atoms with Crippen molar-refractivity contribution in [1.82, 2.24) is 15.0 Å². The predicted octanol–water partition coefficient (Wildman–Crippen LogP) is 5.83. The van der Waals surface area contributed by atoms with Crippen LogP contribution >= 0.6 is 0 Å². The quantitative estimate of drug-likeness (QED) is 0.0808. The van der Waals surface area contributed by atoms with E-state index in [1.54, 1.807) is 48.5 Å². The van der Waals surface area contributed by atoms with Gasteiger partial charge >= 0.3 is 0 Å². The third-order valence-electron chi connectivity index (χ3n) is 5.83. The van der Waals surface area contributed by atoms with Gasteiger partial charge in [0.05, 0.1) is 4.92 Å². The summed E-state index contributed by atoms with van der Waals surface area (Å²) < 4.78 is 0. The van der Waals surface area contributed by atoms with Crippen molar-refractivity contribution < 1.29 is 9.72 Å². The largest absolute Gasteiger partial charge is 0.350 e. The van der Waals surface area contributed by atoms with Gasteiger partial charge < -0.3 is 10.6 Å². The number of nitrogens with one attached hydrogen (secondary N) is 3. The summed E-state index contributed by atoms with van der Waals surface area (Å²) in [7, 11) is 0. The molecule has 1 aromatic heterocycles.